The number of thioether (sulfide) groups is 1. The fourth-order valence-corrected chi connectivity index (χ4v) is 3.79. The molecule has 6 nitrogen and oxygen atoms in total. The zero-order valence-corrected chi connectivity index (χ0v) is 16.8. The summed E-state index contributed by atoms with van der Waals surface area (Å²) in [6.07, 6.45) is 7.40. The topological polar surface area (TPSA) is 84.7 Å². The molecule has 29 heavy (non-hydrogen) atoms. The smallest absolute Gasteiger partial charge is 0.255 e. The summed E-state index contributed by atoms with van der Waals surface area (Å²) in [4.78, 5) is 28.6. The molecule has 0 fully saturated rings. The highest BCUT2D eigenvalue weighted by Crippen LogP contribution is 2.21. The van der Waals surface area contributed by atoms with E-state index < -0.39 is 0 Å². The van der Waals surface area contributed by atoms with Crippen LogP contribution in [0.2, 0.25) is 0 Å². The first-order valence-corrected chi connectivity index (χ1v) is 10.2. The Morgan fingerprint density at radius 1 is 1.03 bits per heavy atom. The summed E-state index contributed by atoms with van der Waals surface area (Å²) in [6.45, 7) is 2.06. The predicted molar refractivity (Wildman–Crippen MR) is 112 cm³/mol. The summed E-state index contributed by atoms with van der Waals surface area (Å²) in [7, 11) is 0. The van der Waals surface area contributed by atoms with Crippen LogP contribution in [0.1, 0.15) is 33.7 Å². The van der Waals surface area contributed by atoms with Crippen LogP contribution < -0.4 is 5.56 Å². The molecule has 0 amide bonds. The Morgan fingerprint density at radius 3 is 2.55 bits per heavy atom. The number of benzene rings is 1. The Labute approximate surface area is 172 Å². The van der Waals surface area contributed by atoms with E-state index in [-0.39, 0.29) is 5.56 Å². The number of nitrogens with one attached hydrogen (secondary N) is 1. The van der Waals surface area contributed by atoms with Gasteiger partial charge in [0, 0.05) is 36.6 Å². The van der Waals surface area contributed by atoms with E-state index in [1.807, 2.05) is 12.1 Å². The number of hydrogen-bond acceptors (Lipinski definition) is 6. The number of hydrogen-bond donors (Lipinski definition) is 1. The van der Waals surface area contributed by atoms with E-state index in [9.17, 15) is 4.79 Å². The Bertz CT molecular complexity index is 1120. The van der Waals surface area contributed by atoms with E-state index >= 15 is 0 Å². The molecule has 4 rings (SSSR count). The summed E-state index contributed by atoms with van der Waals surface area (Å²) >= 11 is 1.51. The number of furan rings is 1. The molecular weight excluding hydrogens is 384 g/mol. The van der Waals surface area contributed by atoms with Crippen molar-refractivity contribution in [2.24, 2.45) is 0 Å². The zero-order chi connectivity index (χ0) is 20.1. The molecule has 1 aromatic carbocycles. The van der Waals surface area contributed by atoms with Gasteiger partial charge in [-0.2, -0.15) is 0 Å². The quantitative estimate of drug-likeness (QED) is 0.371. The molecule has 146 valence electrons. The molecular formula is C22H20N4O2S. The van der Waals surface area contributed by atoms with Crippen molar-refractivity contribution < 1.29 is 4.42 Å². The molecule has 1 N–H and O–H groups in total. The number of aromatic nitrogens is 4. The monoisotopic (exact) mass is 404 g/mol. The lowest BCUT2D eigenvalue weighted by Gasteiger charge is -2.10. The van der Waals surface area contributed by atoms with Crippen LogP contribution in [0.3, 0.4) is 0 Å². The van der Waals surface area contributed by atoms with Gasteiger partial charge >= 0.3 is 0 Å². The number of aryl methyl sites for hydroxylation is 1. The first-order chi connectivity index (χ1) is 14.2. The third kappa shape index (κ3) is 5.00. The van der Waals surface area contributed by atoms with Gasteiger partial charge in [-0.1, -0.05) is 41.6 Å². The summed E-state index contributed by atoms with van der Waals surface area (Å²) in [5.41, 5.74) is 4.44. The van der Waals surface area contributed by atoms with E-state index in [0.29, 0.717) is 29.3 Å². The first kappa shape index (κ1) is 19.1. The molecule has 7 heteroatoms. The fourth-order valence-electron chi connectivity index (χ4n) is 2.96. The maximum absolute atomic E-state index is 12.9. The second-order valence-corrected chi connectivity index (χ2v) is 7.71. The molecule has 3 aromatic heterocycles. The largest absolute Gasteiger partial charge is 0.469 e. The minimum Gasteiger partial charge on any atom is -0.469 e. The van der Waals surface area contributed by atoms with Gasteiger partial charge in [-0.05, 0) is 30.2 Å². The van der Waals surface area contributed by atoms with Gasteiger partial charge in [0.1, 0.15) is 12.1 Å². The molecule has 0 bridgehead atoms. The van der Waals surface area contributed by atoms with Crippen LogP contribution in [-0.2, 0) is 18.6 Å². The molecule has 0 saturated carbocycles. The predicted octanol–water partition coefficient (Wildman–Crippen LogP) is 3.94. The van der Waals surface area contributed by atoms with Crippen molar-refractivity contribution in [1.82, 2.24) is 19.9 Å². The average Bonchev–Trinajstić information content (AvgIpc) is 3.24. The number of nitrogens with zero attached hydrogens (tertiary/aromatic N) is 3. The van der Waals surface area contributed by atoms with Crippen LogP contribution >= 0.6 is 11.8 Å². The summed E-state index contributed by atoms with van der Waals surface area (Å²) < 4.78 is 5.48. The van der Waals surface area contributed by atoms with Crippen molar-refractivity contribution in [2.75, 3.05) is 0 Å². The molecule has 0 unspecified atom stereocenters. The average molecular weight is 404 g/mol. The van der Waals surface area contributed by atoms with Gasteiger partial charge in [-0.15, -0.1) is 0 Å². The van der Waals surface area contributed by atoms with Gasteiger partial charge < -0.3 is 9.40 Å². The molecule has 4 aromatic rings. The van der Waals surface area contributed by atoms with Crippen molar-refractivity contribution in [2.45, 2.75) is 30.7 Å². The van der Waals surface area contributed by atoms with Gasteiger partial charge in [0.05, 0.1) is 12.0 Å². The third-order valence-corrected chi connectivity index (χ3v) is 5.44. The van der Waals surface area contributed by atoms with Crippen LogP contribution in [0, 0.1) is 6.92 Å². The molecule has 3 heterocycles. The molecule has 0 aliphatic carbocycles. The second kappa shape index (κ2) is 8.87. The lowest BCUT2D eigenvalue weighted by Crippen LogP contribution is -2.19. The summed E-state index contributed by atoms with van der Waals surface area (Å²) in [6, 6.07) is 12.1. The van der Waals surface area contributed by atoms with E-state index in [1.54, 1.807) is 18.7 Å². The maximum Gasteiger partial charge on any atom is 0.255 e. The number of aromatic amines is 1. The van der Waals surface area contributed by atoms with Crippen molar-refractivity contribution in [3.05, 3.63) is 105 Å². The van der Waals surface area contributed by atoms with Gasteiger partial charge in [0.25, 0.3) is 5.56 Å². The van der Waals surface area contributed by atoms with E-state index in [2.05, 4.69) is 46.1 Å². The lowest BCUT2D eigenvalue weighted by atomic mass is 10.0. The summed E-state index contributed by atoms with van der Waals surface area (Å²) in [5, 5.41) is 0.602. The summed E-state index contributed by atoms with van der Waals surface area (Å²) in [5.74, 6) is 1.50. The van der Waals surface area contributed by atoms with Crippen molar-refractivity contribution >= 4 is 11.8 Å². The van der Waals surface area contributed by atoms with Gasteiger partial charge in [-0.25, -0.2) is 15.0 Å². The fraction of sp³-hybridized carbons (Fsp3) is 0.182. The molecule has 0 atom stereocenters. The van der Waals surface area contributed by atoms with Crippen LogP contribution in [0.4, 0.5) is 0 Å². The zero-order valence-electron chi connectivity index (χ0n) is 16.0. The third-order valence-electron chi connectivity index (χ3n) is 4.49. The van der Waals surface area contributed by atoms with Crippen LogP contribution in [0.5, 0.6) is 0 Å². The van der Waals surface area contributed by atoms with E-state index in [1.165, 1.54) is 29.2 Å². The normalized spacial score (nSPS) is 10.9. The molecule has 0 saturated heterocycles. The van der Waals surface area contributed by atoms with Crippen molar-refractivity contribution in [3.63, 3.8) is 0 Å². The Balaban J connectivity index is 1.62. The number of rotatable bonds is 7. The van der Waals surface area contributed by atoms with E-state index in [0.717, 1.165) is 17.1 Å². The van der Waals surface area contributed by atoms with Gasteiger partial charge in [0.15, 0.2) is 5.16 Å². The maximum atomic E-state index is 12.9. The minimum absolute atomic E-state index is 0.142. The molecule has 0 radical (unpaired) electrons. The van der Waals surface area contributed by atoms with Crippen molar-refractivity contribution in [1.29, 1.82) is 0 Å². The Kier molecular flexibility index (Phi) is 5.86. The highest BCUT2D eigenvalue weighted by Gasteiger charge is 2.15. The lowest BCUT2D eigenvalue weighted by molar-refractivity contribution is 0.517. The van der Waals surface area contributed by atoms with Gasteiger partial charge in [0.2, 0.25) is 0 Å². The Hall–Kier alpha value is -3.19. The first-order valence-electron chi connectivity index (χ1n) is 9.24. The highest BCUT2D eigenvalue weighted by molar-refractivity contribution is 7.98. The van der Waals surface area contributed by atoms with Gasteiger partial charge in [-0.3, -0.25) is 4.79 Å². The highest BCUT2D eigenvalue weighted by atomic mass is 32.2. The minimum atomic E-state index is -0.142. The SMILES string of the molecule is Cc1ccc(CSc2nc(Cc3ccco3)c(Cc3cncnc3)c(=O)[nH]2)cc1. The van der Waals surface area contributed by atoms with Crippen LogP contribution in [-0.4, -0.2) is 19.9 Å². The van der Waals surface area contributed by atoms with E-state index in [4.69, 9.17) is 9.40 Å². The molecule has 0 aliphatic heterocycles. The van der Waals surface area contributed by atoms with Crippen LogP contribution in [0.25, 0.3) is 0 Å². The second-order valence-electron chi connectivity index (χ2n) is 6.75. The van der Waals surface area contributed by atoms with Crippen molar-refractivity contribution in [3.8, 4) is 0 Å². The van der Waals surface area contributed by atoms with Crippen LogP contribution in [0.15, 0.2) is 75.8 Å². The number of H-pyrrole nitrogens is 1. The standard InChI is InChI=1S/C22H20N4O2S/c1-15-4-6-16(7-5-15)13-29-22-25-20(10-18-3-2-8-28-18)19(21(27)26-22)9-17-11-23-14-24-12-17/h2-8,11-12,14H,9-10,13H2,1H3,(H,25,26,27). The Morgan fingerprint density at radius 2 is 1.83 bits per heavy atom. The molecule has 0 spiro atoms. The molecule has 0 aliphatic rings.